The smallest absolute Gasteiger partial charge is 0.228 e. The first-order valence-electron chi connectivity index (χ1n) is 4.37. The van der Waals surface area contributed by atoms with Gasteiger partial charge >= 0.3 is 0 Å². The van der Waals surface area contributed by atoms with Crippen molar-refractivity contribution in [1.82, 2.24) is 0 Å². The van der Waals surface area contributed by atoms with Crippen molar-refractivity contribution in [2.24, 2.45) is 0 Å². The molecule has 1 radical (unpaired) electrons. The molecule has 0 saturated carbocycles. The fraction of sp³-hybridized carbons (Fsp3) is 0.167. The highest BCUT2D eigenvalue weighted by Gasteiger charge is 2.02. The zero-order valence-corrected chi connectivity index (χ0v) is 7.99. The Balaban J connectivity index is 2.65. The minimum Gasteiger partial charge on any atom is -0.294 e. The maximum atomic E-state index is 11.5. The van der Waals surface area contributed by atoms with Gasteiger partial charge in [0.2, 0.25) is 6.29 Å². The Morgan fingerprint density at radius 1 is 1.36 bits per heavy atom. The highest BCUT2D eigenvalue weighted by Crippen LogP contribution is 2.04. The molecular weight excluding hydrogens is 176 g/mol. The lowest BCUT2D eigenvalue weighted by atomic mass is 10.1. The minimum absolute atomic E-state index is 0.0141. The normalized spacial score (nSPS) is 11.1. The van der Waals surface area contributed by atoms with Gasteiger partial charge in [-0.2, -0.15) is 0 Å². The van der Waals surface area contributed by atoms with Gasteiger partial charge in [0.15, 0.2) is 5.78 Å². The zero-order valence-electron chi connectivity index (χ0n) is 7.99. The van der Waals surface area contributed by atoms with Crippen molar-refractivity contribution < 1.29 is 9.59 Å². The van der Waals surface area contributed by atoms with Crippen LogP contribution in [0.4, 0.5) is 0 Å². The Hall–Kier alpha value is -1.70. The summed E-state index contributed by atoms with van der Waals surface area (Å²) in [4.78, 5) is 21.6. The van der Waals surface area contributed by atoms with Crippen LogP contribution in [0.1, 0.15) is 23.7 Å². The summed E-state index contributed by atoms with van der Waals surface area (Å²) in [7, 11) is 0. The first-order valence-corrected chi connectivity index (χ1v) is 4.37. The Bertz CT molecular complexity index is 350. The third kappa shape index (κ3) is 2.98. The summed E-state index contributed by atoms with van der Waals surface area (Å²) in [6.45, 7) is 1.63. The second kappa shape index (κ2) is 5.12. The molecule has 0 heterocycles. The predicted octanol–water partition coefficient (Wildman–Crippen LogP) is 2.32. The number of hydrogen-bond acceptors (Lipinski definition) is 2. The molecule has 2 heteroatoms. The molecule has 0 spiro atoms. The molecule has 1 rings (SSSR count). The highest BCUT2D eigenvalue weighted by atomic mass is 16.1. The summed E-state index contributed by atoms with van der Waals surface area (Å²) in [6, 6.07) is 9.01. The Morgan fingerprint density at radius 2 is 2.00 bits per heavy atom. The van der Waals surface area contributed by atoms with Crippen LogP contribution < -0.4 is 0 Å². The van der Waals surface area contributed by atoms with Gasteiger partial charge in [-0.3, -0.25) is 9.59 Å². The minimum atomic E-state index is 0.0141. The number of carbonyl (C=O) groups excluding carboxylic acids is 2. The van der Waals surface area contributed by atoms with E-state index in [1.54, 1.807) is 31.4 Å². The van der Waals surface area contributed by atoms with E-state index in [2.05, 4.69) is 0 Å². The molecule has 0 aliphatic rings. The van der Waals surface area contributed by atoms with Gasteiger partial charge in [0.25, 0.3) is 0 Å². The summed E-state index contributed by atoms with van der Waals surface area (Å²) in [5, 5.41) is 0. The maximum absolute atomic E-state index is 11.5. The van der Waals surface area contributed by atoms with E-state index >= 15 is 0 Å². The Morgan fingerprint density at radius 3 is 2.57 bits per heavy atom. The van der Waals surface area contributed by atoms with E-state index in [0.717, 1.165) is 0 Å². The lowest BCUT2D eigenvalue weighted by molar-refractivity contribution is 0.0995. The molecule has 2 nitrogen and oxygen atoms in total. The number of benzene rings is 1. The summed E-state index contributed by atoms with van der Waals surface area (Å²) >= 11 is 0. The number of ketones is 1. The van der Waals surface area contributed by atoms with Crippen LogP contribution in [-0.2, 0) is 4.79 Å². The van der Waals surface area contributed by atoms with Gasteiger partial charge in [0.05, 0.1) is 0 Å². The standard InChI is InChI=1S/C12H11O2/c1-10(9-13)7-8-12(14)11-5-3-2-4-6-11/h2-7H,8H2,1H3/b10-7+. The average molecular weight is 187 g/mol. The van der Waals surface area contributed by atoms with Gasteiger partial charge in [-0.05, 0) is 12.5 Å². The second-order valence-corrected chi connectivity index (χ2v) is 2.98. The summed E-state index contributed by atoms with van der Waals surface area (Å²) in [5.41, 5.74) is 1.14. The molecule has 71 valence electrons. The van der Waals surface area contributed by atoms with Crippen LogP contribution in [0.2, 0.25) is 0 Å². The van der Waals surface area contributed by atoms with Crippen molar-refractivity contribution in [3.63, 3.8) is 0 Å². The van der Waals surface area contributed by atoms with Crippen LogP contribution in [0.25, 0.3) is 0 Å². The van der Waals surface area contributed by atoms with E-state index in [4.69, 9.17) is 0 Å². The molecule has 0 N–H and O–H groups in total. The number of allylic oxidation sites excluding steroid dienone is 2. The lowest BCUT2D eigenvalue weighted by Crippen LogP contribution is -1.96. The van der Waals surface area contributed by atoms with Gasteiger partial charge in [0, 0.05) is 12.0 Å². The Kier molecular flexibility index (Phi) is 3.80. The second-order valence-electron chi connectivity index (χ2n) is 2.98. The van der Waals surface area contributed by atoms with Crippen molar-refractivity contribution in [3.8, 4) is 0 Å². The van der Waals surface area contributed by atoms with Crippen molar-refractivity contribution in [2.45, 2.75) is 13.3 Å². The summed E-state index contributed by atoms with van der Waals surface area (Å²) < 4.78 is 0. The fourth-order valence-electron chi connectivity index (χ4n) is 1.03. The van der Waals surface area contributed by atoms with Crippen molar-refractivity contribution in [2.75, 3.05) is 0 Å². The molecule has 14 heavy (non-hydrogen) atoms. The van der Waals surface area contributed by atoms with Gasteiger partial charge in [-0.1, -0.05) is 36.4 Å². The predicted molar refractivity (Wildman–Crippen MR) is 54.8 cm³/mol. The lowest BCUT2D eigenvalue weighted by Gasteiger charge is -1.96. The number of carbonyl (C=O) groups is 1. The van der Waals surface area contributed by atoms with E-state index in [-0.39, 0.29) is 12.2 Å². The van der Waals surface area contributed by atoms with Gasteiger partial charge < -0.3 is 0 Å². The zero-order chi connectivity index (χ0) is 10.4. The first-order chi connectivity index (χ1) is 6.74. The SMILES string of the molecule is C/C([C]=O)=C\CC(=O)c1ccccc1. The quantitative estimate of drug-likeness (QED) is 0.535. The van der Waals surface area contributed by atoms with Gasteiger partial charge in [-0.25, -0.2) is 0 Å². The van der Waals surface area contributed by atoms with Crippen molar-refractivity contribution in [1.29, 1.82) is 0 Å². The van der Waals surface area contributed by atoms with E-state index in [1.165, 1.54) is 0 Å². The molecule has 1 aromatic carbocycles. The van der Waals surface area contributed by atoms with Crippen LogP contribution in [0, 0.1) is 0 Å². The van der Waals surface area contributed by atoms with E-state index in [9.17, 15) is 9.59 Å². The molecule has 0 aliphatic carbocycles. The average Bonchev–Trinajstić information content (AvgIpc) is 2.26. The van der Waals surface area contributed by atoms with E-state index < -0.39 is 0 Å². The molecule has 0 bridgehead atoms. The monoisotopic (exact) mass is 187 g/mol. The molecular formula is C12H11O2. The molecule has 0 saturated heterocycles. The highest BCUT2D eigenvalue weighted by molar-refractivity contribution is 5.97. The largest absolute Gasteiger partial charge is 0.294 e. The maximum Gasteiger partial charge on any atom is 0.228 e. The molecule has 0 aromatic heterocycles. The molecule has 1 aromatic rings. The molecule has 0 aliphatic heterocycles. The topological polar surface area (TPSA) is 34.1 Å². The number of hydrogen-bond donors (Lipinski definition) is 0. The van der Waals surface area contributed by atoms with Crippen molar-refractivity contribution in [3.05, 3.63) is 47.5 Å². The van der Waals surface area contributed by atoms with Crippen molar-refractivity contribution >= 4 is 12.1 Å². The Labute approximate surface area is 83.3 Å². The van der Waals surface area contributed by atoms with Crippen LogP contribution in [0.3, 0.4) is 0 Å². The summed E-state index contributed by atoms with van der Waals surface area (Å²) in [6.07, 6.45) is 3.57. The molecule has 0 atom stereocenters. The molecule has 0 amide bonds. The van der Waals surface area contributed by atoms with Crippen LogP contribution in [0.15, 0.2) is 42.0 Å². The number of rotatable bonds is 4. The molecule has 0 unspecified atom stereocenters. The fourth-order valence-corrected chi connectivity index (χ4v) is 1.03. The van der Waals surface area contributed by atoms with Crippen LogP contribution in [0.5, 0.6) is 0 Å². The van der Waals surface area contributed by atoms with E-state index in [0.29, 0.717) is 11.1 Å². The van der Waals surface area contributed by atoms with Gasteiger partial charge in [-0.15, -0.1) is 0 Å². The number of Topliss-reactive ketones (excluding diaryl/α,β-unsaturated/α-hetero) is 1. The summed E-state index contributed by atoms with van der Waals surface area (Å²) in [5.74, 6) is 0.0141. The third-order valence-corrected chi connectivity index (χ3v) is 1.85. The first kappa shape index (κ1) is 10.4. The van der Waals surface area contributed by atoms with E-state index in [1.807, 2.05) is 18.2 Å². The van der Waals surface area contributed by atoms with Gasteiger partial charge in [0.1, 0.15) is 0 Å². The molecule has 0 fully saturated rings. The van der Waals surface area contributed by atoms with Crippen LogP contribution >= 0.6 is 0 Å². The third-order valence-electron chi connectivity index (χ3n) is 1.85. The van der Waals surface area contributed by atoms with Crippen LogP contribution in [-0.4, -0.2) is 12.1 Å².